The molecular weight excluding hydrogens is 414 g/mol. The molecule has 2 aromatic rings. The van der Waals surface area contributed by atoms with E-state index in [0.717, 1.165) is 11.1 Å². The van der Waals surface area contributed by atoms with Crippen LogP contribution in [0.2, 0.25) is 0 Å². The predicted molar refractivity (Wildman–Crippen MR) is 124 cm³/mol. The molecule has 7 heteroatoms. The SMILES string of the molecule is C=CCC[C@@H](C(C)(C)O)S(=O)(=O)N(Cc1ccc(OC)cc1)Cc1ccc(OC)cc1. The average molecular weight is 448 g/mol. The van der Waals surface area contributed by atoms with Crippen LogP contribution in [0.15, 0.2) is 61.2 Å². The maximum absolute atomic E-state index is 13.7. The van der Waals surface area contributed by atoms with Crippen LogP contribution in [0.25, 0.3) is 0 Å². The highest BCUT2D eigenvalue weighted by atomic mass is 32.2. The molecule has 0 aliphatic heterocycles. The van der Waals surface area contributed by atoms with Crippen molar-refractivity contribution in [3.8, 4) is 11.5 Å². The minimum atomic E-state index is -3.85. The highest BCUT2D eigenvalue weighted by Crippen LogP contribution is 2.28. The van der Waals surface area contributed by atoms with Crippen LogP contribution in [0.5, 0.6) is 11.5 Å². The molecule has 0 bridgehead atoms. The van der Waals surface area contributed by atoms with E-state index >= 15 is 0 Å². The number of rotatable bonds is 12. The van der Waals surface area contributed by atoms with E-state index < -0.39 is 20.9 Å². The predicted octanol–water partition coefficient (Wildman–Crippen LogP) is 4.14. The Morgan fingerprint density at radius 3 is 1.71 bits per heavy atom. The molecule has 170 valence electrons. The number of hydrogen-bond donors (Lipinski definition) is 1. The van der Waals surface area contributed by atoms with E-state index in [1.165, 1.54) is 18.2 Å². The Morgan fingerprint density at radius 1 is 0.968 bits per heavy atom. The zero-order valence-electron chi connectivity index (χ0n) is 18.7. The van der Waals surface area contributed by atoms with Crippen LogP contribution >= 0.6 is 0 Å². The lowest BCUT2D eigenvalue weighted by Gasteiger charge is -2.34. The third-order valence-corrected chi connectivity index (χ3v) is 7.69. The standard InChI is InChI=1S/C24H33NO5S/c1-6-7-8-23(24(2,3)26)31(27,28)25(17-19-9-13-21(29-4)14-10-19)18-20-11-15-22(30-5)16-12-20/h6,9-16,23,26H,1,7-8,17-18H2,2-5H3/t23-/m0/s1. The first-order chi connectivity index (χ1) is 14.6. The number of ether oxygens (including phenoxy) is 2. The summed E-state index contributed by atoms with van der Waals surface area (Å²) in [5.41, 5.74) is 0.257. The van der Waals surface area contributed by atoms with Gasteiger partial charge >= 0.3 is 0 Å². The molecule has 1 N–H and O–H groups in total. The summed E-state index contributed by atoms with van der Waals surface area (Å²) in [6.45, 7) is 7.13. The summed E-state index contributed by atoms with van der Waals surface area (Å²) >= 11 is 0. The molecule has 0 spiro atoms. The maximum Gasteiger partial charge on any atom is 0.220 e. The largest absolute Gasteiger partial charge is 0.497 e. The van der Waals surface area contributed by atoms with Crippen molar-refractivity contribution in [1.82, 2.24) is 4.31 Å². The van der Waals surface area contributed by atoms with Crippen LogP contribution < -0.4 is 9.47 Å². The van der Waals surface area contributed by atoms with Crippen LogP contribution in [0.1, 0.15) is 37.8 Å². The quantitative estimate of drug-likeness (QED) is 0.495. The first kappa shape index (κ1) is 24.9. The summed E-state index contributed by atoms with van der Waals surface area (Å²) in [7, 11) is -0.675. The van der Waals surface area contributed by atoms with Crippen LogP contribution in [0.4, 0.5) is 0 Å². The second-order valence-electron chi connectivity index (χ2n) is 8.02. The molecule has 6 nitrogen and oxygen atoms in total. The van der Waals surface area contributed by atoms with E-state index in [2.05, 4.69) is 6.58 Å². The molecule has 0 aliphatic rings. The number of sulfonamides is 1. The van der Waals surface area contributed by atoms with Crippen molar-refractivity contribution < 1.29 is 23.0 Å². The summed E-state index contributed by atoms with van der Waals surface area (Å²) in [4.78, 5) is 0. The first-order valence-corrected chi connectivity index (χ1v) is 11.7. The van der Waals surface area contributed by atoms with Gasteiger partial charge in [0.25, 0.3) is 0 Å². The van der Waals surface area contributed by atoms with Crippen molar-refractivity contribution in [3.05, 3.63) is 72.3 Å². The van der Waals surface area contributed by atoms with Gasteiger partial charge in [-0.05, 0) is 62.1 Å². The second-order valence-corrected chi connectivity index (χ2v) is 10.1. The highest BCUT2D eigenvalue weighted by Gasteiger charge is 2.41. The number of hydrogen-bond acceptors (Lipinski definition) is 5. The van der Waals surface area contributed by atoms with Crippen molar-refractivity contribution in [2.24, 2.45) is 0 Å². The van der Waals surface area contributed by atoms with Gasteiger partial charge in [-0.1, -0.05) is 30.3 Å². The van der Waals surface area contributed by atoms with Gasteiger partial charge in [0.15, 0.2) is 0 Å². The molecule has 1 atom stereocenters. The molecule has 0 saturated heterocycles. The van der Waals surface area contributed by atoms with Gasteiger partial charge in [0, 0.05) is 13.1 Å². The molecule has 0 aliphatic carbocycles. The number of benzene rings is 2. The molecule has 2 rings (SSSR count). The van der Waals surface area contributed by atoms with E-state index in [0.29, 0.717) is 17.9 Å². The minimum absolute atomic E-state index is 0.180. The Kier molecular flexibility index (Phi) is 8.68. The summed E-state index contributed by atoms with van der Waals surface area (Å²) < 4.78 is 39.3. The first-order valence-electron chi connectivity index (χ1n) is 10.2. The lowest BCUT2D eigenvalue weighted by molar-refractivity contribution is 0.0703. The van der Waals surface area contributed by atoms with Crippen molar-refractivity contribution >= 4 is 10.0 Å². The lowest BCUT2D eigenvalue weighted by atomic mass is 10.0. The molecular formula is C24H33NO5S. The normalized spacial score (nSPS) is 13.1. The number of methoxy groups -OCH3 is 2. The lowest BCUT2D eigenvalue weighted by Crippen LogP contribution is -2.48. The van der Waals surface area contributed by atoms with Gasteiger partial charge in [0.2, 0.25) is 10.0 Å². The fourth-order valence-electron chi connectivity index (χ4n) is 3.42. The van der Waals surface area contributed by atoms with E-state index in [1.807, 2.05) is 24.3 Å². The summed E-state index contributed by atoms with van der Waals surface area (Å²) in [6.07, 6.45) is 2.45. The smallest absolute Gasteiger partial charge is 0.220 e. The average Bonchev–Trinajstić information content (AvgIpc) is 2.73. The Bertz CT molecular complexity index is 882. The van der Waals surface area contributed by atoms with Gasteiger partial charge in [-0.25, -0.2) is 8.42 Å². The Labute approximate surface area is 186 Å². The van der Waals surface area contributed by atoms with E-state index in [9.17, 15) is 13.5 Å². The minimum Gasteiger partial charge on any atom is -0.497 e. The molecule has 2 aromatic carbocycles. The van der Waals surface area contributed by atoms with Crippen molar-refractivity contribution in [2.75, 3.05) is 14.2 Å². The van der Waals surface area contributed by atoms with Crippen LogP contribution in [0.3, 0.4) is 0 Å². The van der Waals surface area contributed by atoms with Crippen molar-refractivity contribution in [1.29, 1.82) is 0 Å². The molecule has 0 heterocycles. The van der Waals surface area contributed by atoms with E-state index in [1.54, 1.807) is 44.6 Å². The molecule has 31 heavy (non-hydrogen) atoms. The zero-order chi connectivity index (χ0) is 23.1. The number of aliphatic hydroxyl groups is 1. The van der Waals surface area contributed by atoms with Gasteiger partial charge in [0.05, 0.1) is 19.8 Å². The Hall–Kier alpha value is -2.35. The third-order valence-electron chi connectivity index (χ3n) is 5.18. The van der Waals surface area contributed by atoms with E-state index in [-0.39, 0.29) is 19.5 Å². The van der Waals surface area contributed by atoms with Crippen LogP contribution in [0, 0.1) is 0 Å². The molecule has 0 aromatic heterocycles. The molecule has 0 radical (unpaired) electrons. The molecule has 0 fully saturated rings. The van der Waals surface area contributed by atoms with Gasteiger partial charge < -0.3 is 14.6 Å². The van der Waals surface area contributed by atoms with Crippen molar-refractivity contribution in [2.45, 2.75) is 50.6 Å². The zero-order valence-corrected chi connectivity index (χ0v) is 19.6. The summed E-state index contributed by atoms with van der Waals surface area (Å²) in [6, 6.07) is 14.6. The molecule has 0 amide bonds. The number of nitrogens with zero attached hydrogens (tertiary/aromatic N) is 1. The maximum atomic E-state index is 13.7. The second kappa shape index (κ2) is 10.8. The molecule has 0 saturated carbocycles. The summed E-state index contributed by atoms with van der Waals surface area (Å²) in [5, 5.41) is 9.72. The highest BCUT2D eigenvalue weighted by molar-refractivity contribution is 7.89. The third kappa shape index (κ3) is 6.82. The molecule has 0 unspecified atom stereocenters. The van der Waals surface area contributed by atoms with Gasteiger partial charge in [-0.2, -0.15) is 4.31 Å². The summed E-state index contributed by atoms with van der Waals surface area (Å²) in [5.74, 6) is 1.40. The fraction of sp³-hybridized carbons (Fsp3) is 0.417. The van der Waals surface area contributed by atoms with Gasteiger partial charge in [-0.3, -0.25) is 0 Å². The topological polar surface area (TPSA) is 76.1 Å². The van der Waals surface area contributed by atoms with E-state index in [4.69, 9.17) is 9.47 Å². The Balaban J connectivity index is 2.42. The van der Waals surface area contributed by atoms with Crippen molar-refractivity contribution in [3.63, 3.8) is 0 Å². The Morgan fingerprint density at radius 2 is 1.39 bits per heavy atom. The fourth-order valence-corrected chi connectivity index (χ4v) is 5.60. The monoisotopic (exact) mass is 447 g/mol. The van der Waals surface area contributed by atoms with Crippen LogP contribution in [-0.4, -0.2) is 42.9 Å². The van der Waals surface area contributed by atoms with Gasteiger partial charge in [0.1, 0.15) is 16.7 Å². The number of allylic oxidation sites excluding steroid dienone is 1. The van der Waals surface area contributed by atoms with Gasteiger partial charge in [-0.15, -0.1) is 6.58 Å². The van der Waals surface area contributed by atoms with Crippen LogP contribution in [-0.2, 0) is 23.1 Å².